The molecule has 9 heteroatoms. The van der Waals surface area contributed by atoms with E-state index in [2.05, 4.69) is 44.3 Å². The number of halogens is 2. The zero-order valence-corrected chi connectivity index (χ0v) is 19.1. The van der Waals surface area contributed by atoms with Crippen molar-refractivity contribution in [2.45, 2.75) is 39.7 Å². The molecule has 4 N–H and O–H groups in total. The van der Waals surface area contributed by atoms with Gasteiger partial charge >= 0.3 is 0 Å². The number of anilines is 2. The summed E-state index contributed by atoms with van der Waals surface area (Å²) in [5, 5.41) is 7.42. The fraction of sp³-hybridized carbons (Fsp3) is 0.476. The van der Waals surface area contributed by atoms with Crippen molar-refractivity contribution in [2.75, 3.05) is 30.3 Å². The molecule has 0 atom stereocenters. The van der Waals surface area contributed by atoms with Gasteiger partial charge in [-0.2, -0.15) is 9.98 Å². The fourth-order valence-corrected chi connectivity index (χ4v) is 3.82. The first-order valence-corrected chi connectivity index (χ1v) is 10.9. The average Bonchev–Trinajstić information content (AvgIpc) is 2.65. The molecule has 0 saturated carbocycles. The highest BCUT2D eigenvalue weighted by molar-refractivity contribution is 6.42. The number of guanidine groups is 1. The van der Waals surface area contributed by atoms with Crippen molar-refractivity contribution in [1.29, 1.82) is 0 Å². The summed E-state index contributed by atoms with van der Waals surface area (Å²) in [7, 11) is 0. The Balaban J connectivity index is 1.63. The molecule has 0 unspecified atom stereocenters. The minimum absolute atomic E-state index is 0.173. The van der Waals surface area contributed by atoms with Crippen LogP contribution in [0.2, 0.25) is 10.0 Å². The highest BCUT2D eigenvalue weighted by Crippen LogP contribution is 2.25. The summed E-state index contributed by atoms with van der Waals surface area (Å²) >= 11 is 12.0. The van der Waals surface area contributed by atoms with Gasteiger partial charge in [-0.25, -0.2) is 4.98 Å². The number of nitrogens with zero attached hydrogens (tertiary/aromatic N) is 4. The van der Waals surface area contributed by atoms with Crippen LogP contribution >= 0.6 is 23.2 Å². The molecular weight excluding hydrogens is 421 g/mol. The van der Waals surface area contributed by atoms with Crippen LogP contribution in [0.25, 0.3) is 0 Å². The standard InChI is InChI=1S/C21H29Cl2N7/c1-13(2)12-30-8-6-15(7-9-30)26-19-10-14(3)25-21(28-19)29-20(24)27-16-4-5-17(22)18(23)11-16/h4-5,10-11,13,15H,6-9,12H2,1-3H3,(H4,24,25,26,27,28,29). The maximum atomic E-state index is 6.04. The molecule has 1 aliphatic rings. The summed E-state index contributed by atoms with van der Waals surface area (Å²) in [5.41, 5.74) is 7.53. The van der Waals surface area contributed by atoms with Crippen molar-refractivity contribution < 1.29 is 0 Å². The van der Waals surface area contributed by atoms with E-state index in [1.165, 1.54) is 0 Å². The minimum atomic E-state index is 0.173. The first-order valence-electron chi connectivity index (χ1n) is 10.2. The number of aromatic nitrogens is 2. The Morgan fingerprint density at radius 2 is 1.93 bits per heavy atom. The smallest absolute Gasteiger partial charge is 0.254 e. The SMILES string of the molecule is Cc1cc(NC2CCN(CC(C)C)CC2)nc(/N=C(\N)Nc2ccc(Cl)c(Cl)c2)n1. The van der Waals surface area contributed by atoms with Crippen LogP contribution in [0.3, 0.4) is 0 Å². The van der Waals surface area contributed by atoms with Crippen molar-refractivity contribution in [3.8, 4) is 0 Å². The van der Waals surface area contributed by atoms with E-state index in [1.54, 1.807) is 18.2 Å². The Morgan fingerprint density at radius 1 is 1.20 bits per heavy atom. The monoisotopic (exact) mass is 449 g/mol. The minimum Gasteiger partial charge on any atom is -0.369 e. The molecule has 3 rings (SSSR count). The van der Waals surface area contributed by atoms with Gasteiger partial charge in [-0.15, -0.1) is 0 Å². The predicted molar refractivity (Wildman–Crippen MR) is 126 cm³/mol. The molecule has 0 amide bonds. The van der Waals surface area contributed by atoms with Gasteiger partial charge < -0.3 is 21.3 Å². The van der Waals surface area contributed by atoms with E-state index < -0.39 is 0 Å². The molecule has 1 saturated heterocycles. The van der Waals surface area contributed by atoms with E-state index in [9.17, 15) is 0 Å². The van der Waals surface area contributed by atoms with Crippen LogP contribution < -0.4 is 16.4 Å². The molecule has 1 aromatic carbocycles. The number of benzene rings is 1. The summed E-state index contributed by atoms with van der Waals surface area (Å²) in [6, 6.07) is 7.47. The molecule has 1 aromatic heterocycles. The summed E-state index contributed by atoms with van der Waals surface area (Å²) in [5.74, 6) is 1.94. The van der Waals surface area contributed by atoms with Crippen LogP contribution in [0.5, 0.6) is 0 Å². The average molecular weight is 450 g/mol. The van der Waals surface area contributed by atoms with Gasteiger partial charge in [-0.05, 0) is 43.9 Å². The van der Waals surface area contributed by atoms with Gasteiger partial charge in [0, 0.05) is 43.1 Å². The van der Waals surface area contributed by atoms with Crippen molar-refractivity contribution in [2.24, 2.45) is 16.6 Å². The fourth-order valence-electron chi connectivity index (χ4n) is 3.52. The zero-order valence-electron chi connectivity index (χ0n) is 17.6. The van der Waals surface area contributed by atoms with Crippen molar-refractivity contribution >= 4 is 46.6 Å². The number of nitrogens with two attached hydrogens (primary N) is 1. The molecule has 7 nitrogen and oxygen atoms in total. The lowest BCUT2D eigenvalue weighted by Gasteiger charge is -2.33. The molecule has 0 radical (unpaired) electrons. The second-order valence-corrected chi connectivity index (χ2v) is 8.87. The molecule has 2 heterocycles. The van der Waals surface area contributed by atoms with Crippen LogP contribution in [-0.4, -0.2) is 46.5 Å². The molecule has 30 heavy (non-hydrogen) atoms. The third-order valence-corrected chi connectivity index (χ3v) is 5.56. The van der Waals surface area contributed by atoms with Gasteiger partial charge in [-0.3, -0.25) is 0 Å². The first-order chi connectivity index (χ1) is 14.3. The second-order valence-electron chi connectivity index (χ2n) is 8.06. The van der Waals surface area contributed by atoms with Gasteiger partial charge in [0.25, 0.3) is 5.95 Å². The number of piperidine rings is 1. The lowest BCUT2D eigenvalue weighted by molar-refractivity contribution is 0.198. The lowest BCUT2D eigenvalue weighted by atomic mass is 10.0. The number of aliphatic imine (C=N–C) groups is 1. The normalized spacial score (nSPS) is 16.1. The van der Waals surface area contributed by atoms with Crippen LogP contribution in [0.1, 0.15) is 32.4 Å². The van der Waals surface area contributed by atoms with Crippen LogP contribution in [0.15, 0.2) is 29.3 Å². The number of likely N-dealkylation sites (tertiary alicyclic amines) is 1. The lowest BCUT2D eigenvalue weighted by Crippen LogP contribution is -2.40. The van der Waals surface area contributed by atoms with E-state index in [0.29, 0.717) is 33.6 Å². The second kappa shape index (κ2) is 10.3. The number of rotatable bonds is 6. The molecule has 162 valence electrons. The summed E-state index contributed by atoms with van der Waals surface area (Å²) in [6.07, 6.45) is 2.19. The Bertz CT molecular complexity index is 893. The number of aryl methyl sites for hydroxylation is 1. The maximum Gasteiger partial charge on any atom is 0.254 e. The Labute approximate surface area is 188 Å². The predicted octanol–water partition coefficient (Wildman–Crippen LogP) is 4.68. The summed E-state index contributed by atoms with van der Waals surface area (Å²) in [4.78, 5) is 15.7. The number of hydrogen-bond acceptors (Lipinski definition) is 5. The van der Waals surface area contributed by atoms with Crippen molar-refractivity contribution in [1.82, 2.24) is 14.9 Å². The zero-order chi connectivity index (χ0) is 21.7. The van der Waals surface area contributed by atoms with Gasteiger partial charge in [-0.1, -0.05) is 37.0 Å². The van der Waals surface area contributed by atoms with Crippen molar-refractivity contribution in [3.05, 3.63) is 40.0 Å². The highest BCUT2D eigenvalue weighted by Gasteiger charge is 2.20. The number of hydrogen-bond donors (Lipinski definition) is 3. The van der Waals surface area contributed by atoms with Gasteiger partial charge in [0.05, 0.1) is 10.0 Å². The Kier molecular flexibility index (Phi) is 7.75. The van der Waals surface area contributed by atoms with Crippen LogP contribution in [0, 0.1) is 12.8 Å². The molecule has 0 bridgehead atoms. The van der Waals surface area contributed by atoms with Gasteiger partial charge in [0.1, 0.15) is 5.82 Å². The van der Waals surface area contributed by atoms with E-state index >= 15 is 0 Å². The molecular formula is C21H29Cl2N7. The summed E-state index contributed by atoms with van der Waals surface area (Å²) < 4.78 is 0. The molecule has 0 aliphatic carbocycles. The van der Waals surface area contributed by atoms with Crippen LogP contribution in [-0.2, 0) is 0 Å². The maximum absolute atomic E-state index is 6.04. The van der Waals surface area contributed by atoms with E-state index in [4.69, 9.17) is 28.9 Å². The van der Waals surface area contributed by atoms with E-state index in [1.807, 2.05) is 13.0 Å². The van der Waals surface area contributed by atoms with Gasteiger partial charge in [0.15, 0.2) is 0 Å². The molecule has 2 aromatic rings. The number of nitrogens with one attached hydrogen (secondary N) is 2. The van der Waals surface area contributed by atoms with E-state index in [-0.39, 0.29) is 5.96 Å². The van der Waals surface area contributed by atoms with Crippen LogP contribution in [0.4, 0.5) is 17.5 Å². The van der Waals surface area contributed by atoms with Crippen molar-refractivity contribution in [3.63, 3.8) is 0 Å². The van der Waals surface area contributed by atoms with Gasteiger partial charge in [0.2, 0.25) is 5.96 Å². The Hall–Kier alpha value is -2.09. The molecule has 0 spiro atoms. The van der Waals surface area contributed by atoms with E-state index in [0.717, 1.165) is 44.0 Å². The molecule has 1 aliphatic heterocycles. The summed E-state index contributed by atoms with van der Waals surface area (Å²) in [6.45, 7) is 9.80. The topological polar surface area (TPSA) is 91.5 Å². The third kappa shape index (κ3) is 6.72. The first kappa shape index (κ1) is 22.6. The Morgan fingerprint density at radius 3 is 2.60 bits per heavy atom. The largest absolute Gasteiger partial charge is 0.369 e. The quantitative estimate of drug-likeness (QED) is 0.437. The highest BCUT2D eigenvalue weighted by atomic mass is 35.5. The third-order valence-electron chi connectivity index (χ3n) is 4.82. The molecule has 1 fully saturated rings.